The number of nitrogens with one attached hydrogen (secondary N) is 1. The molecule has 1 saturated heterocycles. The SMILES string of the molecule is CC(C)OCCNCCCC(=O)N1CCCC1. The summed E-state index contributed by atoms with van der Waals surface area (Å²) in [5.74, 6) is 0.322. The van der Waals surface area contributed by atoms with E-state index < -0.39 is 0 Å². The molecular formula is C13H26N2O2. The summed E-state index contributed by atoms with van der Waals surface area (Å²) in [4.78, 5) is 13.7. The maximum absolute atomic E-state index is 11.7. The van der Waals surface area contributed by atoms with E-state index >= 15 is 0 Å². The Hall–Kier alpha value is -0.610. The van der Waals surface area contributed by atoms with Crippen LogP contribution in [-0.4, -0.2) is 49.7 Å². The second kappa shape index (κ2) is 8.48. The molecule has 100 valence electrons. The highest BCUT2D eigenvalue weighted by Crippen LogP contribution is 2.09. The van der Waals surface area contributed by atoms with Crippen LogP contribution in [0.2, 0.25) is 0 Å². The van der Waals surface area contributed by atoms with E-state index in [4.69, 9.17) is 4.74 Å². The van der Waals surface area contributed by atoms with Crippen molar-refractivity contribution in [3.63, 3.8) is 0 Å². The third-order valence-corrected chi connectivity index (χ3v) is 2.93. The first-order valence-corrected chi connectivity index (χ1v) is 6.80. The molecule has 0 atom stereocenters. The van der Waals surface area contributed by atoms with E-state index in [1.165, 1.54) is 12.8 Å². The molecule has 0 unspecified atom stereocenters. The number of amides is 1. The highest BCUT2D eigenvalue weighted by atomic mass is 16.5. The van der Waals surface area contributed by atoms with Crippen LogP contribution < -0.4 is 5.32 Å². The van der Waals surface area contributed by atoms with Gasteiger partial charge < -0.3 is 15.0 Å². The predicted molar refractivity (Wildman–Crippen MR) is 69.0 cm³/mol. The smallest absolute Gasteiger partial charge is 0.222 e. The van der Waals surface area contributed by atoms with E-state index in [1.807, 2.05) is 18.7 Å². The van der Waals surface area contributed by atoms with Crippen LogP contribution in [0.1, 0.15) is 39.5 Å². The lowest BCUT2D eigenvalue weighted by molar-refractivity contribution is -0.130. The van der Waals surface area contributed by atoms with Crippen molar-refractivity contribution in [1.29, 1.82) is 0 Å². The van der Waals surface area contributed by atoms with Crippen LogP contribution in [0.4, 0.5) is 0 Å². The largest absolute Gasteiger partial charge is 0.377 e. The number of carbonyl (C=O) groups excluding carboxylic acids is 1. The average Bonchev–Trinajstić information content (AvgIpc) is 2.80. The summed E-state index contributed by atoms with van der Waals surface area (Å²) < 4.78 is 5.41. The second-order valence-electron chi connectivity index (χ2n) is 4.86. The molecule has 1 amide bonds. The van der Waals surface area contributed by atoms with Crippen LogP contribution in [0, 0.1) is 0 Å². The lowest BCUT2D eigenvalue weighted by Crippen LogP contribution is -2.29. The highest BCUT2D eigenvalue weighted by molar-refractivity contribution is 5.76. The van der Waals surface area contributed by atoms with Gasteiger partial charge in [0.25, 0.3) is 0 Å². The van der Waals surface area contributed by atoms with E-state index in [0.29, 0.717) is 18.4 Å². The average molecular weight is 242 g/mol. The lowest BCUT2D eigenvalue weighted by atomic mass is 10.3. The minimum Gasteiger partial charge on any atom is -0.377 e. The lowest BCUT2D eigenvalue weighted by Gasteiger charge is -2.15. The van der Waals surface area contributed by atoms with Crippen molar-refractivity contribution in [3.05, 3.63) is 0 Å². The molecule has 0 radical (unpaired) electrons. The Labute approximate surface area is 105 Å². The number of rotatable bonds is 8. The van der Waals surface area contributed by atoms with E-state index in [-0.39, 0.29) is 0 Å². The maximum Gasteiger partial charge on any atom is 0.222 e. The summed E-state index contributed by atoms with van der Waals surface area (Å²) in [6.45, 7) is 8.53. The number of hydrogen-bond donors (Lipinski definition) is 1. The van der Waals surface area contributed by atoms with Gasteiger partial charge in [-0.3, -0.25) is 4.79 Å². The zero-order chi connectivity index (χ0) is 12.5. The molecule has 0 spiro atoms. The molecule has 0 aliphatic carbocycles. The topological polar surface area (TPSA) is 41.6 Å². The molecule has 0 aromatic carbocycles. The molecule has 4 nitrogen and oxygen atoms in total. The van der Waals surface area contributed by atoms with Crippen LogP contribution in [0.15, 0.2) is 0 Å². The van der Waals surface area contributed by atoms with Crippen LogP contribution in [0.5, 0.6) is 0 Å². The van der Waals surface area contributed by atoms with Crippen molar-refractivity contribution >= 4 is 5.91 Å². The molecule has 1 N–H and O–H groups in total. The van der Waals surface area contributed by atoms with Crippen molar-refractivity contribution in [2.45, 2.75) is 45.6 Å². The molecule has 0 saturated carbocycles. The third kappa shape index (κ3) is 6.64. The van der Waals surface area contributed by atoms with Gasteiger partial charge in [0.05, 0.1) is 12.7 Å². The summed E-state index contributed by atoms with van der Waals surface area (Å²) in [6, 6.07) is 0. The van der Waals surface area contributed by atoms with Crippen molar-refractivity contribution in [2.75, 3.05) is 32.8 Å². The molecule has 0 bridgehead atoms. The van der Waals surface area contributed by atoms with Crippen LogP contribution in [-0.2, 0) is 9.53 Å². The Morgan fingerprint density at radius 1 is 1.29 bits per heavy atom. The molecule has 0 aromatic rings. The van der Waals surface area contributed by atoms with Crippen LogP contribution in [0.3, 0.4) is 0 Å². The van der Waals surface area contributed by atoms with Gasteiger partial charge in [-0.25, -0.2) is 0 Å². The zero-order valence-electron chi connectivity index (χ0n) is 11.2. The van der Waals surface area contributed by atoms with Gasteiger partial charge in [0, 0.05) is 26.1 Å². The summed E-state index contributed by atoms with van der Waals surface area (Å²) >= 11 is 0. The van der Waals surface area contributed by atoms with Crippen molar-refractivity contribution in [1.82, 2.24) is 10.2 Å². The minimum atomic E-state index is 0.300. The molecule has 1 fully saturated rings. The van der Waals surface area contributed by atoms with E-state index in [2.05, 4.69) is 5.32 Å². The van der Waals surface area contributed by atoms with Crippen molar-refractivity contribution in [2.24, 2.45) is 0 Å². The van der Waals surface area contributed by atoms with Gasteiger partial charge in [-0.05, 0) is 39.7 Å². The predicted octanol–water partition coefficient (Wildman–Crippen LogP) is 1.40. The fraction of sp³-hybridized carbons (Fsp3) is 0.923. The first kappa shape index (κ1) is 14.5. The Morgan fingerprint density at radius 2 is 2.00 bits per heavy atom. The summed E-state index contributed by atoms with van der Waals surface area (Å²) in [7, 11) is 0. The van der Waals surface area contributed by atoms with Crippen molar-refractivity contribution < 1.29 is 9.53 Å². The molecule has 17 heavy (non-hydrogen) atoms. The van der Waals surface area contributed by atoms with Gasteiger partial charge in [0.1, 0.15) is 0 Å². The molecule has 0 aromatic heterocycles. The highest BCUT2D eigenvalue weighted by Gasteiger charge is 2.16. The molecule has 1 aliphatic heterocycles. The van der Waals surface area contributed by atoms with E-state index in [9.17, 15) is 4.79 Å². The van der Waals surface area contributed by atoms with Gasteiger partial charge in [-0.1, -0.05) is 0 Å². The van der Waals surface area contributed by atoms with Crippen LogP contribution in [0.25, 0.3) is 0 Å². The number of hydrogen-bond acceptors (Lipinski definition) is 3. The van der Waals surface area contributed by atoms with Gasteiger partial charge in [-0.15, -0.1) is 0 Å². The fourth-order valence-electron chi connectivity index (χ4n) is 1.98. The van der Waals surface area contributed by atoms with Gasteiger partial charge in [0.15, 0.2) is 0 Å². The Balaban J connectivity index is 1.88. The zero-order valence-corrected chi connectivity index (χ0v) is 11.2. The Kier molecular flexibility index (Phi) is 7.21. The molecular weight excluding hydrogens is 216 g/mol. The van der Waals surface area contributed by atoms with Gasteiger partial charge in [-0.2, -0.15) is 0 Å². The van der Waals surface area contributed by atoms with Gasteiger partial charge in [0.2, 0.25) is 5.91 Å². The van der Waals surface area contributed by atoms with Gasteiger partial charge >= 0.3 is 0 Å². The molecule has 1 heterocycles. The van der Waals surface area contributed by atoms with E-state index in [0.717, 1.165) is 39.2 Å². The number of likely N-dealkylation sites (tertiary alicyclic amines) is 1. The summed E-state index contributed by atoms with van der Waals surface area (Å²) in [6.07, 6.45) is 4.26. The van der Waals surface area contributed by atoms with E-state index in [1.54, 1.807) is 0 Å². The van der Waals surface area contributed by atoms with Crippen LogP contribution >= 0.6 is 0 Å². The molecule has 4 heteroatoms. The Bertz CT molecular complexity index is 213. The maximum atomic E-state index is 11.7. The number of ether oxygens (including phenoxy) is 1. The fourth-order valence-corrected chi connectivity index (χ4v) is 1.98. The Morgan fingerprint density at radius 3 is 2.65 bits per heavy atom. The normalized spacial score (nSPS) is 15.8. The summed E-state index contributed by atoms with van der Waals surface area (Å²) in [5, 5.41) is 3.29. The second-order valence-corrected chi connectivity index (χ2v) is 4.86. The quantitative estimate of drug-likeness (QED) is 0.654. The number of nitrogens with zero attached hydrogens (tertiary/aromatic N) is 1. The van der Waals surface area contributed by atoms with Crippen molar-refractivity contribution in [3.8, 4) is 0 Å². The molecule has 1 rings (SSSR count). The summed E-state index contributed by atoms with van der Waals surface area (Å²) in [5.41, 5.74) is 0. The first-order valence-electron chi connectivity index (χ1n) is 6.80. The first-order chi connectivity index (χ1) is 8.20. The molecule has 1 aliphatic rings. The minimum absolute atomic E-state index is 0.300. The number of carbonyl (C=O) groups is 1. The third-order valence-electron chi connectivity index (χ3n) is 2.93. The monoisotopic (exact) mass is 242 g/mol. The standard InChI is InChI=1S/C13H26N2O2/c1-12(2)17-11-8-14-7-5-6-13(16)15-9-3-4-10-15/h12,14H,3-11H2,1-2H3.